The Balaban J connectivity index is 1.31. The number of amides is 3. The zero-order valence-electron chi connectivity index (χ0n) is 22.7. The molecular formula is C28H33FN6O5. The number of nitrogens with one attached hydrogen (secondary N) is 3. The average molecular weight is 553 g/mol. The van der Waals surface area contributed by atoms with Crippen LogP contribution in [0.15, 0.2) is 46.0 Å². The molecule has 12 heteroatoms. The van der Waals surface area contributed by atoms with Crippen LogP contribution >= 0.6 is 0 Å². The van der Waals surface area contributed by atoms with E-state index >= 15 is 0 Å². The van der Waals surface area contributed by atoms with E-state index in [1.165, 1.54) is 21.6 Å². The molecular weight excluding hydrogens is 519 g/mol. The van der Waals surface area contributed by atoms with Crippen LogP contribution in [0.2, 0.25) is 0 Å². The smallest absolute Gasteiger partial charge is 0.331 e. The molecule has 2 aromatic carbocycles. The highest BCUT2D eigenvalue weighted by Gasteiger charge is 2.30. The Hall–Kier alpha value is -4.19. The first-order valence-electron chi connectivity index (χ1n) is 13.4. The number of hydrogen-bond donors (Lipinski definition) is 3. The molecule has 1 aliphatic heterocycles. The maximum Gasteiger partial charge on any atom is 0.331 e. The lowest BCUT2D eigenvalue weighted by atomic mass is 10.2. The molecule has 40 heavy (non-hydrogen) atoms. The molecule has 0 unspecified atom stereocenters. The molecule has 0 radical (unpaired) electrons. The van der Waals surface area contributed by atoms with Crippen molar-refractivity contribution in [1.82, 2.24) is 14.0 Å². The fourth-order valence-electron chi connectivity index (χ4n) is 4.89. The van der Waals surface area contributed by atoms with Gasteiger partial charge in [-0.25, -0.2) is 14.0 Å². The summed E-state index contributed by atoms with van der Waals surface area (Å²) < 4.78 is 22.5. The molecule has 1 aromatic heterocycles. The van der Waals surface area contributed by atoms with Gasteiger partial charge in [-0.05, 0) is 69.0 Å². The maximum absolute atomic E-state index is 14.1. The molecule has 2 aliphatic rings. The van der Waals surface area contributed by atoms with Gasteiger partial charge in [0.05, 0.1) is 29.7 Å². The van der Waals surface area contributed by atoms with Crippen LogP contribution in [0.3, 0.4) is 0 Å². The molecule has 0 spiro atoms. The number of urea groups is 1. The van der Waals surface area contributed by atoms with Gasteiger partial charge in [-0.2, -0.15) is 0 Å². The summed E-state index contributed by atoms with van der Waals surface area (Å²) in [5.41, 5.74) is 0.788. The lowest BCUT2D eigenvalue weighted by molar-refractivity contribution is -0.131. The van der Waals surface area contributed by atoms with Gasteiger partial charge in [-0.3, -0.25) is 18.7 Å². The number of morpholine rings is 1. The summed E-state index contributed by atoms with van der Waals surface area (Å²) in [6, 6.07) is 8.57. The van der Waals surface area contributed by atoms with Crippen molar-refractivity contribution in [2.75, 3.05) is 42.7 Å². The topological polar surface area (TPSA) is 127 Å². The van der Waals surface area contributed by atoms with E-state index in [9.17, 15) is 23.6 Å². The Morgan fingerprint density at radius 1 is 1.07 bits per heavy atom. The SMILES string of the molecule is CNc1ccc(NC(=O)[C@H]2CN(C(=O)Nc3ccc4c(c3)c(=O)n(CC3CC3)c(=O)n4C(C)C)CCO2)cc1F. The molecule has 1 atom stereocenters. The van der Waals surface area contributed by atoms with Crippen LogP contribution in [-0.4, -0.2) is 58.8 Å². The van der Waals surface area contributed by atoms with Crippen molar-refractivity contribution < 1.29 is 18.7 Å². The first kappa shape index (κ1) is 27.4. The maximum atomic E-state index is 14.1. The molecule has 1 saturated heterocycles. The summed E-state index contributed by atoms with van der Waals surface area (Å²) in [6.45, 7) is 4.56. The minimum atomic E-state index is -0.946. The molecule has 1 aliphatic carbocycles. The Morgan fingerprint density at radius 2 is 1.80 bits per heavy atom. The number of aromatic nitrogens is 2. The monoisotopic (exact) mass is 552 g/mol. The van der Waals surface area contributed by atoms with Gasteiger partial charge >= 0.3 is 11.7 Å². The van der Waals surface area contributed by atoms with Crippen LogP contribution in [0.5, 0.6) is 0 Å². The van der Waals surface area contributed by atoms with Gasteiger partial charge in [0.25, 0.3) is 11.5 Å². The molecule has 2 heterocycles. The average Bonchev–Trinajstić information content (AvgIpc) is 3.76. The summed E-state index contributed by atoms with van der Waals surface area (Å²) >= 11 is 0. The van der Waals surface area contributed by atoms with Crippen LogP contribution in [0.25, 0.3) is 10.9 Å². The van der Waals surface area contributed by atoms with Crippen LogP contribution in [-0.2, 0) is 16.1 Å². The molecule has 212 valence electrons. The zero-order valence-corrected chi connectivity index (χ0v) is 22.7. The number of benzene rings is 2. The molecule has 3 N–H and O–H groups in total. The Morgan fingerprint density at radius 3 is 2.48 bits per heavy atom. The molecule has 11 nitrogen and oxygen atoms in total. The van der Waals surface area contributed by atoms with Crippen LogP contribution < -0.4 is 27.2 Å². The number of anilines is 3. The van der Waals surface area contributed by atoms with Crippen LogP contribution in [0, 0.1) is 11.7 Å². The van der Waals surface area contributed by atoms with E-state index in [0.29, 0.717) is 34.7 Å². The number of ether oxygens (including phenoxy) is 1. The first-order chi connectivity index (χ1) is 19.2. The van der Waals surface area contributed by atoms with E-state index < -0.39 is 23.9 Å². The van der Waals surface area contributed by atoms with Gasteiger partial charge in [0.15, 0.2) is 6.10 Å². The van der Waals surface area contributed by atoms with E-state index in [2.05, 4.69) is 16.0 Å². The minimum absolute atomic E-state index is 0.0105. The number of carbonyl (C=O) groups excluding carboxylic acids is 2. The Bertz CT molecular complexity index is 1580. The fraction of sp³-hybridized carbons (Fsp3) is 0.429. The van der Waals surface area contributed by atoms with Gasteiger partial charge in [-0.15, -0.1) is 0 Å². The normalized spacial score (nSPS) is 17.2. The van der Waals surface area contributed by atoms with Gasteiger partial charge < -0.3 is 25.6 Å². The van der Waals surface area contributed by atoms with Crippen molar-refractivity contribution >= 4 is 39.9 Å². The third-order valence-electron chi connectivity index (χ3n) is 7.23. The van der Waals surface area contributed by atoms with E-state index in [-0.39, 0.29) is 42.7 Å². The van der Waals surface area contributed by atoms with Crippen LogP contribution in [0.1, 0.15) is 32.7 Å². The minimum Gasteiger partial charge on any atom is -0.386 e. The molecule has 3 aromatic rings. The van der Waals surface area contributed by atoms with Gasteiger partial charge in [0, 0.05) is 37.6 Å². The highest BCUT2D eigenvalue weighted by atomic mass is 19.1. The van der Waals surface area contributed by atoms with Crippen molar-refractivity contribution in [3.05, 3.63) is 63.1 Å². The van der Waals surface area contributed by atoms with Crippen molar-refractivity contribution in [2.24, 2.45) is 5.92 Å². The van der Waals surface area contributed by atoms with Crippen molar-refractivity contribution in [1.29, 1.82) is 0 Å². The van der Waals surface area contributed by atoms with Gasteiger partial charge in [0.2, 0.25) is 0 Å². The lowest BCUT2D eigenvalue weighted by Gasteiger charge is -2.32. The number of halogens is 1. The predicted octanol–water partition coefficient (Wildman–Crippen LogP) is 3.21. The summed E-state index contributed by atoms with van der Waals surface area (Å²) in [5, 5.41) is 8.50. The van der Waals surface area contributed by atoms with Gasteiger partial charge in [0.1, 0.15) is 5.82 Å². The van der Waals surface area contributed by atoms with Crippen molar-refractivity contribution in [3.8, 4) is 0 Å². The van der Waals surface area contributed by atoms with E-state index in [1.54, 1.807) is 35.9 Å². The largest absolute Gasteiger partial charge is 0.386 e. The lowest BCUT2D eigenvalue weighted by Crippen LogP contribution is -2.51. The second kappa shape index (κ2) is 11.1. The highest BCUT2D eigenvalue weighted by Crippen LogP contribution is 2.30. The molecule has 2 fully saturated rings. The zero-order chi connectivity index (χ0) is 28.6. The summed E-state index contributed by atoms with van der Waals surface area (Å²) in [5.74, 6) is -0.668. The van der Waals surface area contributed by atoms with E-state index in [0.717, 1.165) is 12.8 Å². The molecule has 3 amide bonds. The van der Waals surface area contributed by atoms with Crippen molar-refractivity contribution in [3.63, 3.8) is 0 Å². The quantitative estimate of drug-likeness (QED) is 0.413. The summed E-state index contributed by atoms with van der Waals surface area (Å²) in [6.07, 6.45) is 1.05. The second-order valence-electron chi connectivity index (χ2n) is 10.5. The number of hydrogen-bond acceptors (Lipinski definition) is 6. The van der Waals surface area contributed by atoms with Crippen LogP contribution in [0.4, 0.5) is 26.2 Å². The summed E-state index contributed by atoms with van der Waals surface area (Å²) in [4.78, 5) is 53.7. The number of nitrogens with zero attached hydrogens (tertiary/aromatic N) is 3. The predicted molar refractivity (Wildman–Crippen MR) is 150 cm³/mol. The Kier molecular flexibility index (Phi) is 7.61. The number of carbonyl (C=O) groups is 2. The highest BCUT2D eigenvalue weighted by molar-refractivity contribution is 5.96. The summed E-state index contributed by atoms with van der Waals surface area (Å²) in [7, 11) is 1.60. The molecule has 1 saturated carbocycles. The second-order valence-corrected chi connectivity index (χ2v) is 10.5. The molecule has 0 bridgehead atoms. The third kappa shape index (κ3) is 5.57. The molecule has 5 rings (SSSR count). The number of rotatable bonds is 7. The first-order valence-corrected chi connectivity index (χ1v) is 13.4. The Labute approximate surface area is 229 Å². The van der Waals surface area contributed by atoms with E-state index in [1.807, 2.05) is 13.8 Å². The fourth-order valence-corrected chi connectivity index (χ4v) is 4.89. The van der Waals surface area contributed by atoms with Gasteiger partial charge in [-0.1, -0.05) is 0 Å². The standard InChI is InChI=1S/C28H33FN6O5/c1-16(2)35-23-9-7-18(12-20(23)26(37)34(28(35)39)14-17-4-5-17)32-27(38)33-10-11-40-24(15-33)25(36)31-19-6-8-22(30-3)21(29)13-19/h6-9,12-13,16-17,24,30H,4-5,10-11,14-15H2,1-3H3,(H,31,36)(H,32,38)/t24-/m1/s1. The van der Waals surface area contributed by atoms with Crippen molar-refractivity contribution in [2.45, 2.75) is 45.4 Å². The third-order valence-corrected chi connectivity index (χ3v) is 7.23. The number of fused-ring (bicyclic) bond motifs is 1. The van der Waals surface area contributed by atoms with E-state index in [4.69, 9.17) is 4.74 Å².